The van der Waals surface area contributed by atoms with Gasteiger partial charge in [-0.2, -0.15) is 0 Å². The molecule has 1 N–H and O–H groups in total. The molecule has 0 aliphatic heterocycles. The van der Waals surface area contributed by atoms with Gasteiger partial charge in [0, 0.05) is 12.1 Å². The lowest BCUT2D eigenvalue weighted by atomic mass is 10.0. The number of ketones is 1. The summed E-state index contributed by atoms with van der Waals surface area (Å²) in [5.41, 5.74) is 1.23. The number of carbonyl (C=O) groups excluding carboxylic acids is 1. The molecule has 0 radical (unpaired) electrons. The Morgan fingerprint density at radius 3 is 3.00 bits per heavy atom. The smallest absolute Gasteiger partial charge is 0.176 e. The third-order valence-corrected chi connectivity index (χ3v) is 2.07. The van der Waals surface area contributed by atoms with E-state index >= 15 is 0 Å². The van der Waals surface area contributed by atoms with Gasteiger partial charge < -0.3 is 5.32 Å². The van der Waals surface area contributed by atoms with Crippen LogP contribution in [0.4, 0.5) is 4.39 Å². The molecule has 0 aromatic heterocycles. The number of nitrogens with one attached hydrogen (secondary N) is 1. The van der Waals surface area contributed by atoms with Gasteiger partial charge in [-0.3, -0.25) is 4.79 Å². The normalized spacial score (nSPS) is 10.0. The molecule has 80 valence electrons. The first-order valence-electron chi connectivity index (χ1n) is 4.76. The summed E-state index contributed by atoms with van der Waals surface area (Å²) in [4.78, 5) is 11.6. The fraction of sp³-hybridized carbons (Fsp3) is 0.250. The molecule has 0 heterocycles. The molecule has 0 saturated carbocycles. The van der Waals surface area contributed by atoms with E-state index in [1.807, 2.05) is 0 Å². The van der Waals surface area contributed by atoms with Crippen LogP contribution in [0, 0.1) is 12.7 Å². The van der Waals surface area contributed by atoms with Crippen LogP contribution < -0.4 is 5.32 Å². The average molecular weight is 207 g/mol. The largest absolute Gasteiger partial charge is 0.306 e. The van der Waals surface area contributed by atoms with Crippen molar-refractivity contribution in [3.63, 3.8) is 0 Å². The number of rotatable bonds is 5. The van der Waals surface area contributed by atoms with Gasteiger partial charge in [-0.15, -0.1) is 6.58 Å². The number of benzene rings is 1. The first-order valence-corrected chi connectivity index (χ1v) is 4.76. The SMILES string of the molecule is C=CCNCC(=O)c1cc(F)ccc1C. The monoisotopic (exact) mass is 207 g/mol. The second-order valence-corrected chi connectivity index (χ2v) is 3.30. The van der Waals surface area contributed by atoms with Crippen LogP contribution in [0.5, 0.6) is 0 Å². The minimum atomic E-state index is -0.382. The molecule has 3 heteroatoms. The van der Waals surface area contributed by atoms with E-state index in [9.17, 15) is 9.18 Å². The van der Waals surface area contributed by atoms with Gasteiger partial charge >= 0.3 is 0 Å². The van der Waals surface area contributed by atoms with Crippen molar-refractivity contribution >= 4 is 5.78 Å². The molecule has 0 spiro atoms. The van der Waals surface area contributed by atoms with E-state index in [2.05, 4.69) is 11.9 Å². The van der Waals surface area contributed by atoms with E-state index in [1.54, 1.807) is 19.1 Å². The minimum Gasteiger partial charge on any atom is -0.306 e. The van der Waals surface area contributed by atoms with Crippen LogP contribution in [0.15, 0.2) is 30.9 Å². The predicted octanol–water partition coefficient (Wildman–Crippen LogP) is 2.09. The fourth-order valence-electron chi connectivity index (χ4n) is 1.28. The molecule has 15 heavy (non-hydrogen) atoms. The molecule has 0 saturated heterocycles. The number of aryl methyl sites for hydroxylation is 1. The molecular weight excluding hydrogens is 193 g/mol. The zero-order chi connectivity index (χ0) is 11.3. The Kier molecular flexibility index (Phi) is 4.18. The molecule has 2 nitrogen and oxygen atoms in total. The second kappa shape index (κ2) is 5.41. The standard InChI is InChI=1S/C12H14FNO/c1-3-6-14-8-12(15)11-7-10(13)5-4-9(11)2/h3-5,7,14H,1,6,8H2,2H3. The Hall–Kier alpha value is -1.48. The topological polar surface area (TPSA) is 29.1 Å². The van der Waals surface area contributed by atoms with Crippen molar-refractivity contribution in [1.82, 2.24) is 5.32 Å². The maximum atomic E-state index is 12.9. The van der Waals surface area contributed by atoms with Crippen LogP contribution in [0.1, 0.15) is 15.9 Å². The summed E-state index contributed by atoms with van der Waals surface area (Å²) in [6.07, 6.45) is 1.67. The Morgan fingerprint density at radius 2 is 2.33 bits per heavy atom. The summed E-state index contributed by atoms with van der Waals surface area (Å²) < 4.78 is 12.9. The third kappa shape index (κ3) is 3.29. The number of halogens is 1. The van der Waals surface area contributed by atoms with E-state index in [4.69, 9.17) is 0 Å². The Morgan fingerprint density at radius 1 is 1.60 bits per heavy atom. The quantitative estimate of drug-likeness (QED) is 0.455. The van der Waals surface area contributed by atoms with Gasteiger partial charge in [0.25, 0.3) is 0 Å². The molecule has 0 atom stereocenters. The van der Waals surface area contributed by atoms with Crippen LogP contribution in [0.25, 0.3) is 0 Å². The highest BCUT2D eigenvalue weighted by Gasteiger charge is 2.08. The number of hydrogen-bond donors (Lipinski definition) is 1. The zero-order valence-electron chi connectivity index (χ0n) is 8.72. The molecule has 0 amide bonds. The first-order chi connectivity index (χ1) is 7.15. The molecule has 0 unspecified atom stereocenters. The van der Waals surface area contributed by atoms with Crippen LogP contribution in [-0.4, -0.2) is 18.9 Å². The van der Waals surface area contributed by atoms with Gasteiger partial charge in [-0.05, 0) is 24.6 Å². The molecule has 0 fully saturated rings. The molecular formula is C12H14FNO. The van der Waals surface area contributed by atoms with Crippen molar-refractivity contribution in [2.45, 2.75) is 6.92 Å². The summed E-state index contributed by atoms with van der Waals surface area (Å²) >= 11 is 0. The highest BCUT2D eigenvalue weighted by molar-refractivity contribution is 5.98. The van der Waals surface area contributed by atoms with E-state index < -0.39 is 0 Å². The van der Waals surface area contributed by atoms with Crippen LogP contribution in [0.3, 0.4) is 0 Å². The number of hydrogen-bond acceptors (Lipinski definition) is 2. The van der Waals surface area contributed by atoms with Crippen LogP contribution in [0.2, 0.25) is 0 Å². The van der Waals surface area contributed by atoms with Crippen molar-refractivity contribution < 1.29 is 9.18 Å². The highest BCUT2D eigenvalue weighted by Crippen LogP contribution is 2.10. The molecule has 0 aliphatic rings. The van der Waals surface area contributed by atoms with Crippen molar-refractivity contribution in [3.8, 4) is 0 Å². The maximum absolute atomic E-state index is 12.9. The van der Waals surface area contributed by atoms with Crippen molar-refractivity contribution in [3.05, 3.63) is 47.8 Å². The Bertz CT molecular complexity index is 374. The lowest BCUT2D eigenvalue weighted by molar-refractivity contribution is 0.0991. The van der Waals surface area contributed by atoms with Gasteiger partial charge in [0.15, 0.2) is 5.78 Å². The van der Waals surface area contributed by atoms with E-state index in [-0.39, 0.29) is 18.1 Å². The first kappa shape index (κ1) is 11.6. The van der Waals surface area contributed by atoms with Gasteiger partial charge in [0.05, 0.1) is 6.54 Å². The molecule has 1 rings (SSSR count). The number of Topliss-reactive ketones (excluding diaryl/α,β-unsaturated/α-hetero) is 1. The lowest BCUT2D eigenvalue weighted by Crippen LogP contribution is -2.23. The molecule has 1 aromatic rings. The molecule has 0 bridgehead atoms. The predicted molar refractivity (Wildman–Crippen MR) is 58.5 cm³/mol. The van der Waals surface area contributed by atoms with Crippen molar-refractivity contribution in [2.75, 3.05) is 13.1 Å². The van der Waals surface area contributed by atoms with Crippen LogP contribution in [-0.2, 0) is 0 Å². The summed E-state index contributed by atoms with van der Waals surface area (Å²) in [6, 6.07) is 4.23. The summed E-state index contributed by atoms with van der Waals surface area (Å²) in [5.74, 6) is -0.485. The Balaban J connectivity index is 2.72. The Labute approximate surface area is 88.8 Å². The highest BCUT2D eigenvalue weighted by atomic mass is 19.1. The minimum absolute atomic E-state index is 0.103. The lowest BCUT2D eigenvalue weighted by Gasteiger charge is -2.05. The van der Waals surface area contributed by atoms with Crippen molar-refractivity contribution in [1.29, 1.82) is 0 Å². The average Bonchev–Trinajstić information content (AvgIpc) is 2.22. The van der Waals surface area contributed by atoms with Gasteiger partial charge in [-0.25, -0.2) is 4.39 Å². The number of carbonyl (C=O) groups is 1. The summed E-state index contributed by atoms with van der Waals surface area (Å²) in [7, 11) is 0. The third-order valence-electron chi connectivity index (χ3n) is 2.07. The second-order valence-electron chi connectivity index (χ2n) is 3.30. The van der Waals surface area contributed by atoms with Gasteiger partial charge in [-0.1, -0.05) is 12.1 Å². The fourth-order valence-corrected chi connectivity index (χ4v) is 1.28. The van der Waals surface area contributed by atoms with E-state index in [1.165, 1.54) is 12.1 Å². The molecule has 0 aliphatic carbocycles. The maximum Gasteiger partial charge on any atom is 0.176 e. The van der Waals surface area contributed by atoms with Gasteiger partial charge in [0.1, 0.15) is 5.82 Å². The summed E-state index contributed by atoms with van der Waals surface area (Å²) in [5, 5.41) is 2.89. The molecule has 1 aromatic carbocycles. The summed E-state index contributed by atoms with van der Waals surface area (Å²) in [6.45, 7) is 6.09. The van der Waals surface area contributed by atoms with Gasteiger partial charge in [0.2, 0.25) is 0 Å². The van der Waals surface area contributed by atoms with E-state index in [0.717, 1.165) is 5.56 Å². The van der Waals surface area contributed by atoms with Crippen molar-refractivity contribution in [2.24, 2.45) is 0 Å². The van der Waals surface area contributed by atoms with Crippen LogP contribution >= 0.6 is 0 Å². The van der Waals surface area contributed by atoms with E-state index in [0.29, 0.717) is 12.1 Å². The zero-order valence-corrected chi connectivity index (χ0v) is 8.72.